The largest absolute Gasteiger partial charge is 0.480 e. The van der Waals surface area contributed by atoms with Crippen LogP contribution in [0.25, 0.3) is 18.2 Å². The predicted molar refractivity (Wildman–Crippen MR) is 72.7 cm³/mol. The summed E-state index contributed by atoms with van der Waals surface area (Å²) in [6.07, 6.45) is 9.31. The van der Waals surface area contributed by atoms with Gasteiger partial charge >= 0.3 is 0 Å². The lowest BCUT2D eigenvalue weighted by molar-refractivity contribution is -0.107. The van der Waals surface area contributed by atoms with Gasteiger partial charge < -0.3 is 14.6 Å². The molecule has 0 amide bonds. The number of rotatable bonds is 6. The normalized spacial score (nSPS) is 15.4. The Bertz CT molecular complexity index is 607. The van der Waals surface area contributed by atoms with Crippen LogP contribution in [0.15, 0.2) is 10.5 Å². The number of ketones is 1. The fourth-order valence-corrected chi connectivity index (χ4v) is 2.10. The molecule has 0 bridgehead atoms. The molecule has 2 N–H and O–H groups in total. The molecule has 1 heterocycles. The maximum atomic E-state index is 11.2. The van der Waals surface area contributed by atoms with Crippen molar-refractivity contribution in [2.75, 3.05) is 0 Å². The van der Waals surface area contributed by atoms with Crippen LogP contribution in [0.5, 0.6) is 5.95 Å². The van der Waals surface area contributed by atoms with Crippen LogP contribution in [0.2, 0.25) is 0 Å². The number of carbonyl (C=O) groups excluding carboxylic acids is 1. The zero-order valence-corrected chi connectivity index (χ0v) is 10.9. The fraction of sp³-hybridized carbons (Fsp3) is 0.400. The van der Waals surface area contributed by atoms with Crippen molar-refractivity contribution in [3.8, 4) is 5.95 Å². The van der Waals surface area contributed by atoms with Crippen LogP contribution in [-0.4, -0.2) is 22.1 Å². The molecule has 0 fully saturated rings. The van der Waals surface area contributed by atoms with Gasteiger partial charge in [0.15, 0.2) is 5.78 Å². The monoisotopic (exact) mass is 262 g/mol. The number of fused-ring (bicyclic) bond motifs is 1. The van der Waals surface area contributed by atoms with Crippen LogP contribution in [0.4, 0.5) is 0 Å². The second-order valence-corrected chi connectivity index (χ2v) is 4.71. The summed E-state index contributed by atoms with van der Waals surface area (Å²) in [5.41, 5.74) is 0.828. The van der Waals surface area contributed by atoms with E-state index in [1.807, 2.05) is 0 Å². The molecule has 1 aliphatic rings. The number of aliphatic hydroxyl groups is 1. The summed E-state index contributed by atoms with van der Waals surface area (Å²) >= 11 is 0. The van der Waals surface area contributed by atoms with E-state index in [0.717, 1.165) is 19.3 Å². The van der Waals surface area contributed by atoms with Crippen LogP contribution in [0.3, 0.4) is 0 Å². The highest BCUT2D eigenvalue weighted by Gasteiger charge is 2.14. The molecule has 1 aromatic rings. The maximum absolute atomic E-state index is 11.2. The third-order valence-electron chi connectivity index (χ3n) is 3.14. The molecule has 0 saturated heterocycles. The third kappa shape index (κ3) is 3.15. The smallest absolute Gasteiger partial charge is 0.290 e. The van der Waals surface area contributed by atoms with Gasteiger partial charge in [-0.2, -0.15) is 0 Å². The highest BCUT2D eigenvalue weighted by Crippen LogP contribution is 2.14. The van der Waals surface area contributed by atoms with Crippen molar-refractivity contribution in [2.45, 2.75) is 38.7 Å². The molecule has 0 saturated carbocycles. The van der Waals surface area contributed by atoms with Crippen LogP contribution < -0.4 is 10.6 Å². The first-order valence-corrected chi connectivity index (χ1v) is 6.57. The summed E-state index contributed by atoms with van der Waals surface area (Å²) in [6.45, 7) is 2.11. The Balaban J connectivity index is 2.11. The van der Waals surface area contributed by atoms with Gasteiger partial charge in [-0.3, -0.25) is 4.79 Å². The van der Waals surface area contributed by atoms with E-state index in [4.69, 9.17) is 4.42 Å². The Kier molecular flexibility index (Phi) is 4.22. The molecule has 4 heteroatoms. The van der Waals surface area contributed by atoms with Gasteiger partial charge in [-0.15, -0.1) is 0 Å². The van der Waals surface area contributed by atoms with Crippen molar-refractivity contribution >= 4 is 24.0 Å². The van der Waals surface area contributed by atoms with E-state index >= 15 is 0 Å². The molecule has 0 spiro atoms. The summed E-state index contributed by atoms with van der Waals surface area (Å²) in [5.74, 6) is -0.367. The molecule has 0 aromatic carbocycles. The summed E-state index contributed by atoms with van der Waals surface area (Å²) in [4.78, 5) is 11.2. The first-order valence-electron chi connectivity index (χ1n) is 6.57. The van der Waals surface area contributed by atoms with E-state index in [9.17, 15) is 15.0 Å². The number of aliphatic hydroxyl groups excluding tert-OH is 1. The first kappa shape index (κ1) is 13.6. The summed E-state index contributed by atoms with van der Waals surface area (Å²) in [7, 11) is 0. The van der Waals surface area contributed by atoms with Gasteiger partial charge in [0, 0.05) is 11.3 Å². The zero-order chi connectivity index (χ0) is 13.8. The number of Topliss-reactive ketones (excluding diaryl/α,β-unsaturated/α-hetero) is 1. The lowest BCUT2D eigenvalue weighted by atomic mass is 10.1. The quantitative estimate of drug-likeness (QED) is 0.753. The van der Waals surface area contributed by atoms with Crippen molar-refractivity contribution in [1.82, 2.24) is 0 Å². The molecule has 102 valence electrons. The average Bonchev–Trinajstić information content (AvgIpc) is 2.82. The van der Waals surface area contributed by atoms with Crippen molar-refractivity contribution in [2.24, 2.45) is 0 Å². The predicted octanol–water partition coefficient (Wildman–Crippen LogP) is 1.08. The summed E-state index contributed by atoms with van der Waals surface area (Å²) < 4.78 is 5.07. The van der Waals surface area contributed by atoms with Gasteiger partial charge in [-0.1, -0.05) is 32.3 Å². The van der Waals surface area contributed by atoms with E-state index in [2.05, 4.69) is 6.92 Å². The van der Waals surface area contributed by atoms with Crippen molar-refractivity contribution in [3.63, 3.8) is 0 Å². The molecule has 0 radical (unpaired) electrons. The van der Waals surface area contributed by atoms with Crippen LogP contribution in [0.1, 0.15) is 38.2 Å². The molecule has 19 heavy (non-hydrogen) atoms. The highest BCUT2D eigenvalue weighted by molar-refractivity contribution is 6.26. The Hall–Kier alpha value is -1.81. The topological polar surface area (TPSA) is 70.7 Å². The molecule has 4 nitrogen and oxygen atoms in total. The van der Waals surface area contributed by atoms with E-state index in [1.165, 1.54) is 12.2 Å². The standard InChI is InChI=1S/C15H18O4/c1-2-3-4-5-10(16)6-7-12-13-8-11(17)9-14(13)19-15(12)18/h6-10,16,18H,2-5H2,1H3/b7-6+. The average molecular weight is 262 g/mol. The second kappa shape index (κ2) is 5.89. The van der Waals surface area contributed by atoms with E-state index < -0.39 is 6.10 Å². The molecular weight excluding hydrogens is 244 g/mol. The minimum Gasteiger partial charge on any atom is -0.480 e. The van der Waals surface area contributed by atoms with Gasteiger partial charge in [0.1, 0.15) is 5.42 Å². The van der Waals surface area contributed by atoms with Gasteiger partial charge in [-0.05, 0) is 18.6 Å². The molecule has 1 atom stereocenters. The van der Waals surface area contributed by atoms with E-state index in [0.29, 0.717) is 22.6 Å². The van der Waals surface area contributed by atoms with Gasteiger partial charge in [0.2, 0.25) is 0 Å². The Morgan fingerprint density at radius 2 is 2.16 bits per heavy atom. The lowest BCUT2D eigenvalue weighted by Gasteiger charge is -2.03. The zero-order valence-electron chi connectivity index (χ0n) is 10.9. The molecule has 1 aliphatic carbocycles. The molecular formula is C15H18O4. The fourth-order valence-electron chi connectivity index (χ4n) is 2.10. The van der Waals surface area contributed by atoms with Crippen molar-refractivity contribution in [3.05, 3.63) is 22.3 Å². The summed E-state index contributed by atoms with van der Waals surface area (Å²) in [5, 5.41) is 20.0. The van der Waals surface area contributed by atoms with Crippen LogP contribution in [-0.2, 0) is 4.79 Å². The number of hydrogen-bond acceptors (Lipinski definition) is 4. The van der Waals surface area contributed by atoms with E-state index in [-0.39, 0.29) is 11.7 Å². The van der Waals surface area contributed by atoms with E-state index in [1.54, 1.807) is 12.2 Å². The Morgan fingerprint density at radius 3 is 2.89 bits per heavy atom. The number of hydrogen-bond donors (Lipinski definition) is 2. The highest BCUT2D eigenvalue weighted by atomic mass is 16.5. The van der Waals surface area contributed by atoms with Gasteiger partial charge in [0.25, 0.3) is 5.95 Å². The maximum Gasteiger partial charge on any atom is 0.290 e. The minimum absolute atomic E-state index is 0.146. The minimum atomic E-state index is -0.544. The number of carbonyl (C=O) groups is 1. The molecule has 0 aliphatic heterocycles. The van der Waals surface area contributed by atoms with Gasteiger partial charge in [0.05, 0.1) is 11.7 Å². The molecule has 2 rings (SSSR count). The number of unbranched alkanes of at least 4 members (excludes halogenated alkanes) is 2. The van der Waals surface area contributed by atoms with Crippen LogP contribution in [0, 0.1) is 0 Å². The SMILES string of the molecule is CCCCCC(O)/C=C/c1c(O)oc2c1=CC(=O)C=2. The first-order chi connectivity index (χ1) is 9.11. The Labute approximate surface area is 111 Å². The Morgan fingerprint density at radius 1 is 1.37 bits per heavy atom. The second-order valence-electron chi connectivity index (χ2n) is 4.71. The van der Waals surface area contributed by atoms with Crippen LogP contribution >= 0.6 is 0 Å². The van der Waals surface area contributed by atoms with Crippen molar-refractivity contribution in [1.29, 1.82) is 0 Å². The van der Waals surface area contributed by atoms with Crippen molar-refractivity contribution < 1.29 is 19.4 Å². The molecule has 1 unspecified atom stereocenters. The molecule has 1 aromatic heterocycles. The third-order valence-corrected chi connectivity index (χ3v) is 3.14. The summed E-state index contributed by atoms with van der Waals surface area (Å²) in [6, 6.07) is 0. The van der Waals surface area contributed by atoms with Gasteiger partial charge in [-0.25, -0.2) is 0 Å². The lowest BCUT2D eigenvalue weighted by Crippen LogP contribution is -2.17. The number of aromatic hydroxyl groups is 1. The number of furan rings is 1.